The molecule has 2 nitrogen and oxygen atoms in total. The molecule has 15 heavy (non-hydrogen) atoms. The maximum absolute atomic E-state index is 12.1. The molecule has 83 valence electrons. The maximum Gasteiger partial charge on any atom is 0.501 e. The quantitative estimate of drug-likeness (QED) is 0.764. The molecule has 0 spiro atoms. The van der Waals surface area contributed by atoms with E-state index in [2.05, 4.69) is 37.9 Å². The van der Waals surface area contributed by atoms with Crippen LogP contribution >= 0.6 is 31.9 Å². The van der Waals surface area contributed by atoms with E-state index in [1.807, 2.05) is 0 Å². The monoisotopic (exact) mass is 365 g/mol. The molecule has 0 atom stereocenters. The average molecular weight is 367 g/mol. The predicted octanol–water partition coefficient (Wildman–Crippen LogP) is 3.31. The van der Waals surface area contributed by atoms with E-state index in [0.29, 0.717) is 0 Å². The largest absolute Gasteiger partial charge is 0.501 e. The van der Waals surface area contributed by atoms with Crippen LogP contribution in [0.5, 0.6) is 0 Å². The van der Waals surface area contributed by atoms with E-state index in [0.717, 1.165) is 6.07 Å². The Labute approximate surface area is 101 Å². The van der Waals surface area contributed by atoms with Gasteiger partial charge in [-0.1, -0.05) is 31.9 Å². The summed E-state index contributed by atoms with van der Waals surface area (Å²) in [7, 11) is -5.34. The molecule has 0 unspecified atom stereocenters. The number of hydrogen-bond acceptors (Lipinski definition) is 2. The lowest BCUT2D eigenvalue weighted by atomic mass is 10.4. The molecule has 0 saturated heterocycles. The lowest BCUT2D eigenvalue weighted by Crippen LogP contribution is -2.23. The molecule has 1 rings (SSSR count). The number of rotatable bonds is 1. The van der Waals surface area contributed by atoms with E-state index in [4.69, 9.17) is 0 Å². The van der Waals surface area contributed by atoms with Crippen molar-refractivity contribution in [2.75, 3.05) is 0 Å². The van der Waals surface area contributed by atoms with Crippen LogP contribution in [0.25, 0.3) is 0 Å². The predicted molar refractivity (Wildman–Crippen MR) is 53.9 cm³/mol. The highest BCUT2D eigenvalue weighted by atomic mass is 79.9. The van der Waals surface area contributed by atoms with Gasteiger partial charge in [0.25, 0.3) is 9.84 Å². The van der Waals surface area contributed by atoms with Crippen molar-refractivity contribution < 1.29 is 21.6 Å². The van der Waals surface area contributed by atoms with Crippen LogP contribution in [0.3, 0.4) is 0 Å². The van der Waals surface area contributed by atoms with Crippen LogP contribution in [0.2, 0.25) is 0 Å². The highest BCUT2D eigenvalue weighted by Gasteiger charge is 2.47. The molecule has 0 saturated carbocycles. The van der Waals surface area contributed by atoms with Crippen LogP contribution in [-0.4, -0.2) is 13.9 Å². The minimum Gasteiger partial charge on any atom is -0.214 e. The lowest BCUT2D eigenvalue weighted by Gasteiger charge is -2.08. The Kier molecular flexibility index (Phi) is 3.52. The molecule has 0 aliphatic rings. The van der Waals surface area contributed by atoms with E-state index in [1.165, 1.54) is 6.07 Å². The molecule has 0 heterocycles. The van der Waals surface area contributed by atoms with Crippen molar-refractivity contribution in [2.24, 2.45) is 0 Å². The molecule has 1 aromatic rings. The van der Waals surface area contributed by atoms with Crippen LogP contribution in [0, 0.1) is 6.07 Å². The topological polar surface area (TPSA) is 34.1 Å². The van der Waals surface area contributed by atoms with Gasteiger partial charge in [-0.2, -0.15) is 13.2 Å². The summed E-state index contributed by atoms with van der Waals surface area (Å²) in [6.07, 6.45) is 0. The summed E-state index contributed by atoms with van der Waals surface area (Å²) in [4.78, 5) is -0.920. The number of sulfone groups is 1. The van der Waals surface area contributed by atoms with Crippen molar-refractivity contribution in [3.8, 4) is 0 Å². The molecule has 0 N–H and O–H groups in total. The maximum atomic E-state index is 12.1. The normalized spacial score (nSPS) is 12.9. The Balaban J connectivity index is 3.41. The van der Waals surface area contributed by atoms with Crippen LogP contribution in [0.15, 0.2) is 26.0 Å². The summed E-state index contributed by atoms with van der Waals surface area (Å²) < 4.78 is 58.7. The molecular weight excluding hydrogens is 365 g/mol. The number of halogens is 5. The van der Waals surface area contributed by atoms with Crippen molar-refractivity contribution in [3.63, 3.8) is 0 Å². The standard InChI is InChI=1S/C7H2Br2F3O2S/c8-4-1-5(9)3-6(2-4)15(13,14)7(10,11)12/h1-2H. The molecule has 0 aliphatic carbocycles. The van der Waals surface area contributed by atoms with Gasteiger partial charge in [-0.25, -0.2) is 8.42 Å². The summed E-state index contributed by atoms with van der Waals surface area (Å²) in [6, 6.07) is 4.30. The van der Waals surface area contributed by atoms with Gasteiger partial charge in [0.05, 0.1) is 4.90 Å². The first-order valence-electron chi connectivity index (χ1n) is 3.34. The van der Waals surface area contributed by atoms with Crippen LogP contribution < -0.4 is 0 Å². The third kappa shape index (κ3) is 2.73. The Morgan fingerprint density at radius 2 is 1.73 bits per heavy atom. The Hall–Kier alpha value is -0.0800. The van der Waals surface area contributed by atoms with Crippen LogP contribution in [-0.2, 0) is 9.84 Å². The number of hydrogen-bond donors (Lipinski definition) is 0. The van der Waals surface area contributed by atoms with Gasteiger partial charge in [0.2, 0.25) is 0 Å². The van der Waals surface area contributed by atoms with E-state index < -0.39 is 20.2 Å². The smallest absolute Gasteiger partial charge is 0.214 e. The fourth-order valence-electron chi connectivity index (χ4n) is 0.747. The first-order chi connectivity index (χ1) is 6.64. The Morgan fingerprint density at radius 1 is 1.20 bits per heavy atom. The zero-order valence-corrected chi connectivity index (χ0v) is 10.8. The Morgan fingerprint density at radius 3 is 2.13 bits per heavy atom. The number of benzene rings is 1. The van der Waals surface area contributed by atoms with Gasteiger partial charge >= 0.3 is 5.51 Å². The van der Waals surface area contributed by atoms with E-state index >= 15 is 0 Å². The second kappa shape index (κ2) is 4.06. The average Bonchev–Trinajstić information content (AvgIpc) is 1.99. The molecule has 8 heteroatoms. The van der Waals surface area contributed by atoms with Gasteiger partial charge in [0.15, 0.2) is 0 Å². The van der Waals surface area contributed by atoms with E-state index in [-0.39, 0.29) is 8.95 Å². The second-order valence-corrected chi connectivity index (χ2v) is 6.14. The molecule has 0 aliphatic heterocycles. The van der Waals surface area contributed by atoms with Gasteiger partial charge < -0.3 is 0 Å². The summed E-state index contributed by atoms with van der Waals surface area (Å²) in [6.45, 7) is 0. The first-order valence-corrected chi connectivity index (χ1v) is 6.41. The molecular formula is C7H2Br2F3O2S. The van der Waals surface area contributed by atoms with Crippen molar-refractivity contribution in [1.82, 2.24) is 0 Å². The molecule has 1 radical (unpaired) electrons. The summed E-state index contributed by atoms with van der Waals surface area (Å²) in [5.41, 5.74) is -5.32. The highest BCUT2D eigenvalue weighted by molar-refractivity contribution is 9.11. The molecule has 0 bridgehead atoms. The first kappa shape index (κ1) is 13.0. The minimum atomic E-state index is -5.34. The van der Waals surface area contributed by atoms with Gasteiger partial charge in [-0.15, -0.1) is 0 Å². The fraction of sp³-hybridized carbons (Fsp3) is 0.143. The van der Waals surface area contributed by atoms with E-state index in [9.17, 15) is 21.6 Å². The Bertz CT molecular complexity index is 461. The fourth-order valence-corrected chi connectivity index (χ4v) is 3.03. The van der Waals surface area contributed by atoms with Crippen molar-refractivity contribution in [2.45, 2.75) is 10.4 Å². The van der Waals surface area contributed by atoms with Crippen molar-refractivity contribution >= 4 is 41.7 Å². The van der Waals surface area contributed by atoms with Crippen molar-refractivity contribution in [1.29, 1.82) is 0 Å². The van der Waals surface area contributed by atoms with Crippen LogP contribution in [0.4, 0.5) is 13.2 Å². The molecule has 0 aromatic heterocycles. The zero-order valence-electron chi connectivity index (χ0n) is 6.77. The van der Waals surface area contributed by atoms with Gasteiger partial charge in [0, 0.05) is 15.0 Å². The third-order valence-electron chi connectivity index (χ3n) is 1.37. The molecule has 0 amide bonds. The summed E-state index contributed by atoms with van der Waals surface area (Å²) in [5, 5.41) is 0. The van der Waals surface area contributed by atoms with Crippen LogP contribution in [0.1, 0.15) is 0 Å². The number of alkyl halides is 3. The van der Waals surface area contributed by atoms with Crippen molar-refractivity contribution in [3.05, 3.63) is 27.1 Å². The van der Waals surface area contributed by atoms with Gasteiger partial charge in [-0.05, 0) is 12.1 Å². The second-order valence-electron chi connectivity index (χ2n) is 2.46. The summed E-state index contributed by atoms with van der Waals surface area (Å²) in [5.74, 6) is 0. The highest BCUT2D eigenvalue weighted by Crippen LogP contribution is 2.32. The third-order valence-corrected chi connectivity index (χ3v) is 3.66. The lowest BCUT2D eigenvalue weighted by molar-refractivity contribution is -0.0436. The molecule has 1 aromatic carbocycles. The SMILES string of the molecule is O=S(=O)(c1[c]c(Br)cc(Br)c1)C(F)(F)F. The minimum absolute atomic E-state index is 0.125. The summed E-state index contributed by atoms with van der Waals surface area (Å²) >= 11 is 5.75. The van der Waals surface area contributed by atoms with Gasteiger partial charge in [0.1, 0.15) is 0 Å². The van der Waals surface area contributed by atoms with E-state index in [1.54, 1.807) is 0 Å². The zero-order chi connectivity index (χ0) is 11.9. The van der Waals surface area contributed by atoms with Gasteiger partial charge in [-0.3, -0.25) is 0 Å². The molecule has 0 fully saturated rings.